The molecule has 0 saturated heterocycles. The third-order valence-electron chi connectivity index (χ3n) is 2.96. The van der Waals surface area contributed by atoms with Crippen LogP contribution in [0.1, 0.15) is 34.7 Å². The van der Waals surface area contributed by atoms with Crippen LogP contribution in [0.15, 0.2) is 24.3 Å². The van der Waals surface area contributed by atoms with Crippen LogP contribution >= 0.6 is 12.2 Å². The first-order valence-corrected chi connectivity index (χ1v) is 6.38. The van der Waals surface area contributed by atoms with E-state index in [1.165, 1.54) is 0 Å². The Morgan fingerprint density at radius 1 is 1.42 bits per heavy atom. The van der Waals surface area contributed by atoms with E-state index in [0.29, 0.717) is 16.2 Å². The van der Waals surface area contributed by atoms with E-state index in [2.05, 4.69) is 15.5 Å². The lowest BCUT2D eigenvalue weighted by molar-refractivity contribution is 0.0938. The molecule has 0 bridgehead atoms. The molecule has 0 unspecified atom stereocenters. The number of hydrogen-bond acceptors (Lipinski definition) is 3. The highest BCUT2D eigenvalue weighted by molar-refractivity contribution is 7.71. The summed E-state index contributed by atoms with van der Waals surface area (Å²) in [5.74, 6) is 0.576. The van der Waals surface area contributed by atoms with E-state index in [9.17, 15) is 4.79 Å². The van der Waals surface area contributed by atoms with Crippen molar-refractivity contribution in [1.29, 1.82) is 0 Å². The first-order valence-electron chi connectivity index (χ1n) is 5.98. The largest absolute Gasteiger partial charge is 0.342 e. The highest BCUT2D eigenvalue weighted by atomic mass is 32.1. The fourth-order valence-electron chi connectivity index (χ4n) is 1.80. The van der Waals surface area contributed by atoms with Crippen molar-refractivity contribution in [1.82, 2.24) is 20.1 Å². The van der Waals surface area contributed by atoms with E-state index in [4.69, 9.17) is 12.2 Å². The Bertz CT molecular complexity index is 641. The van der Waals surface area contributed by atoms with Gasteiger partial charge in [-0.1, -0.05) is 17.7 Å². The molecule has 0 fully saturated rings. The van der Waals surface area contributed by atoms with E-state index in [1.807, 2.05) is 33.0 Å². The molecule has 0 radical (unpaired) electrons. The summed E-state index contributed by atoms with van der Waals surface area (Å²) in [6, 6.07) is 7.22. The van der Waals surface area contributed by atoms with Gasteiger partial charge in [0.2, 0.25) is 0 Å². The SMILES string of the molecule is Cc1ccc(C(=O)N[C@@H](C)c2n[nH]c(=S)n2C)cc1. The Hall–Kier alpha value is -1.95. The van der Waals surface area contributed by atoms with Gasteiger partial charge in [0.15, 0.2) is 10.6 Å². The van der Waals surface area contributed by atoms with Crippen LogP contribution in [-0.4, -0.2) is 20.7 Å². The molecule has 19 heavy (non-hydrogen) atoms. The summed E-state index contributed by atoms with van der Waals surface area (Å²) >= 11 is 5.05. The highest BCUT2D eigenvalue weighted by Gasteiger charge is 2.15. The molecule has 0 aliphatic rings. The van der Waals surface area contributed by atoms with Crippen LogP contribution in [-0.2, 0) is 7.05 Å². The molecular formula is C13H16N4OS. The Morgan fingerprint density at radius 2 is 2.05 bits per heavy atom. The van der Waals surface area contributed by atoms with E-state index < -0.39 is 0 Å². The minimum absolute atomic E-state index is 0.124. The van der Waals surface area contributed by atoms with Crippen LogP contribution < -0.4 is 5.32 Å². The van der Waals surface area contributed by atoms with Gasteiger partial charge in [0.1, 0.15) is 0 Å². The standard InChI is InChI=1S/C13H16N4OS/c1-8-4-6-10(7-5-8)12(18)14-9(2)11-15-16-13(19)17(11)3/h4-7,9H,1-3H3,(H,14,18)(H,16,19)/t9-/m0/s1. The van der Waals surface area contributed by atoms with Crippen molar-refractivity contribution in [2.45, 2.75) is 19.9 Å². The Labute approximate surface area is 116 Å². The molecule has 2 rings (SSSR count). The first-order chi connectivity index (χ1) is 8.99. The number of carbonyl (C=O) groups excluding carboxylic acids is 1. The lowest BCUT2D eigenvalue weighted by atomic mass is 10.1. The Balaban J connectivity index is 2.13. The molecule has 1 atom stereocenters. The molecule has 0 aliphatic heterocycles. The summed E-state index contributed by atoms with van der Waals surface area (Å²) in [7, 11) is 1.82. The van der Waals surface area contributed by atoms with Crippen molar-refractivity contribution in [3.63, 3.8) is 0 Å². The van der Waals surface area contributed by atoms with Gasteiger partial charge in [-0.15, -0.1) is 0 Å². The number of aryl methyl sites for hydroxylation is 1. The summed E-state index contributed by atoms with van der Waals surface area (Å²) in [4.78, 5) is 12.1. The van der Waals surface area contributed by atoms with E-state index in [1.54, 1.807) is 16.7 Å². The van der Waals surface area contributed by atoms with Crippen molar-refractivity contribution in [3.05, 3.63) is 46.0 Å². The zero-order valence-corrected chi connectivity index (χ0v) is 11.9. The number of hydrogen-bond donors (Lipinski definition) is 2. The number of rotatable bonds is 3. The van der Waals surface area contributed by atoms with Gasteiger partial charge in [0, 0.05) is 12.6 Å². The van der Waals surface area contributed by atoms with Crippen LogP contribution in [0.2, 0.25) is 0 Å². The van der Waals surface area contributed by atoms with Crippen LogP contribution in [0.3, 0.4) is 0 Å². The summed E-state index contributed by atoms with van der Waals surface area (Å²) in [6.07, 6.45) is 0. The van der Waals surface area contributed by atoms with Crippen molar-refractivity contribution >= 4 is 18.1 Å². The van der Waals surface area contributed by atoms with Gasteiger partial charge in [-0.2, -0.15) is 5.10 Å². The lowest BCUT2D eigenvalue weighted by Crippen LogP contribution is -2.28. The molecule has 2 N–H and O–H groups in total. The van der Waals surface area contributed by atoms with Gasteiger partial charge in [-0.3, -0.25) is 9.89 Å². The summed E-state index contributed by atoms with van der Waals surface area (Å²) in [5, 5.41) is 9.71. The topological polar surface area (TPSA) is 62.7 Å². The number of H-pyrrole nitrogens is 1. The minimum Gasteiger partial charge on any atom is -0.342 e. The van der Waals surface area contributed by atoms with Gasteiger partial charge >= 0.3 is 0 Å². The second kappa shape index (κ2) is 5.36. The van der Waals surface area contributed by atoms with E-state index >= 15 is 0 Å². The molecule has 0 saturated carbocycles. The maximum Gasteiger partial charge on any atom is 0.251 e. The fraction of sp³-hybridized carbons (Fsp3) is 0.308. The average molecular weight is 276 g/mol. The quantitative estimate of drug-likeness (QED) is 0.845. The maximum absolute atomic E-state index is 12.1. The van der Waals surface area contributed by atoms with Gasteiger partial charge in [0.25, 0.3) is 5.91 Å². The van der Waals surface area contributed by atoms with Gasteiger partial charge in [0.05, 0.1) is 6.04 Å². The van der Waals surface area contributed by atoms with Crippen molar-refractivity contribution in [3.8, 4) is 0 Å². The average Bonchev–Trinajstić information content (AvgIpc) is 2.70. The molecule has 6 heteroatoms. The first kappa shape index (κ1) is 13.5. The predicted octanol–water partition coefficient (Wildman–Crippen LogP) is 2.28. The molecule has 5 nitrogen and oxygen atoms in total. The summed E-state index contributed by atoms with van der Waals surface area (Å²) in [6.45, 7) is 3.86. The summed E-state index contributed by atoms with van der Waals surface area (Å²) in [5.41, 5.74) is 1.76. The predicted molar refractivity (Wildman–Crippen MR) is 75.5 cm³/mol. The zero-order valence-electron chi connectivity index (χ0n) is 11.1. The number of nitrogens with zero attached hydrogens (tertiary/aromatic N) is 2. The van der Waals surface area contributed by atoms with Gasteiger partial charge in [-0.05, 0) is 38.2 Å². The minimum atomic E-state index is -0.216. The summed E-state index contributed by atoms with van der Waals surface area (Å²) < 4.78 is 2.28. The second-order valence-electron chi connectivity index (χ2n) is 4.51. The fourth-order valence-corrected chi connectivity index (χ4v) is 1.94. The molecule has 100 valence electrons. The number of amides is 1. The molecule has 2 aromatic rings. The zero-order chi connectivity index (χ0) is 14.0. The van der Waals surface area contributed by atoms with Crippen molar-refractivity contribution < 1.29 is 4.79 Å². The number of aromatic nitrogens is 3. The molecule has 1 aromatic heterocycles. The molecule has 1 heterocycles. The van der Waals surface area contributed by atoms with Gasteiger partial charge in [-0.25, -0.2) is 0 Å². The maximum atomic E-state index is 12.1. The van der Waals surface area contributed by atoms with Crippen LogP contribution in [0.25, 0.3) is 0 Å². The number of carbonyl (C=O) groups is 1. The normalized spacial score (nSPS) is 12.2. The molecule has 0 aliphatic carbocycles. The number of aromatic amines is 1. The molecule has 0 spiro atoms. The lowest BCUT2D eigenvalue weighted by Gasteiger charge is -2.13. The van der Waals surface area contributed by atoms with Crippen molar-refractivity contribution in [2.75, 3.05) is 0 Å². The second-order valence-corrected chi connectivity index (χ2v) is 4.89. The number of nitrogens with one attached hydrogen (secondary N) is 2. The van der Waals surface area contributed by atoms with Crippen LogP contribution in [0.4, 0.5) is 0 Å². The Morgan fingerprint density at radius 3 is 2.58 bits per heavy atom. The Kier molecular flexibility index (Phi) is 3.80. The smallest absolute Gasteiger partial charge is 0.251 e. The highest BCUT2D eigenvalue weighted by Crippen LogP contribution is 2.10. The molecule has 1 aromatic carbocycles. The van der Waals surface area contributed by atoms with E-state index in [0.717, 1.165) is 5.56 Å². The van der Waals surface area contributed by atoms with Crippen LogP contribution in [0.5, 0.6) is 0 Å². The third-order valence-corrected chi connectivity index (χ3v) is 3.33. The molecule has 1 amide bonds. The van der Waals surface area contributed by atoms with E-state index in [-0.39, 0.29) is 11.9 Å². The number of benzene rings is 1. The molecular weight excluding hydrogens is 260 g/mol. The van der Waals surface area contributed by atoms with Crippen molar-refractivity contribution in [2.24, 2.45) is 7.05 Å². The van der Waals surface area contributed by atoms with Gasteiger partial charge < -0.3 is 9.88 Å². The van der Waals surface area contributed by atoms with Crippen LogP contribution in [0, 0.1) is 11.7 Å². The third kappa shape index (κ3) is 2.90. The monoisotopic (exact) mass is 276 g/mol.